The molecule has 1 aliphatic rings. The Hall–Kier alpha value is -3.58. The topological polar surface area (TPSA) is 75.7 Å². The normalized spacial score (nSPS) is 15.2. The predicted molar refractivity (Wildman–Crippen MR) is 139 cm³/mol. The molecule has 0 spiro atoms. The smallest absolute Gasteiger partial charge is 0.338 e. The van der Waals surface area contributed by atoms with Crippen molar-refractivity contribution in [2.24, 2.45) is 0 Å². The molecule has 1 unspecified atom stereocenters. The number of hydrogen-bond donors (Lipinski definition) is 1. The molecule has 6 nitrogen and oxygen atoms in total. The molecule has 0 saturated carbocycles. The minimum Gasteiger partial charge on any atom is -0.462 e. The molecule has 180 valence electrons. The zero-order valence-electron chi connectivity index (χ0n) is 19.8. The Morgan fingerprint density at radius 3 is 2.49 bits per heavy atom. The molecular weight excluding hydrogens is 460 g/mol. The van der Waals surface area contributed by atoms with Crippen LogP contribution in [-0.2, 0) is 16.0 Å². The first-order chi connectivity index (χ1) is 17.0. The van der Waals surface area contributed by atoms with Gasteiger partial charge in [-0.2, -0.15) is 0 Å². The lowest BCUT2D eigenvalue weighted by atomic mass is 10.1. The van der Waals surface area contributed by atoms with Crippen molar-refractivity contribution in [2.45, 2.75) is 25.6 Å². The molecule has 1 N–H and O–H groups in total. The molecule has 1 heterocycles. The van der Waals surface area contributed by atoms with Gasteiger partial charge >= 0.3 is 5.97 Å². The summed E-state index contributed by atoms with van der Waals surface area (Å²) in [6.45, 7) is 4.48. The van der Waals surface area contributed by atoms with Crippen molar-refractivity contribution >= 4 is 35.2 Å². The highest BCUT2D eigenvalue weighted by molar-refractivity contribution is 8.00. The van der Waals surface area contributed by atoms with Crippen LogP contribution in [-0.4, -0.2) is 41.6 Å². The van der Waals surface area contributed by atoms with E-state index in [2.05, 4.69) is 17.4 Å². The Morgan fingerprint density at radius 2 is 1.77 bits per heavy atom. The van der Waals surface area contributed by atoms with Gasteiger partial charge in [0, 0.05) is 17.8 Å². The summed E-state index contributed by atoms with van der Waals surface area (Å²) in [7, 11) is 0. The lowest BCUT2D eigenvalue weighted by molar-refractivity contribution is -0.128. The zero-order chi connectivity index (χ0) is 24.8. The van der Waals surface area contributed by atoms with Gasteiger partial charge < -0.3 is 15.0 Å². The largest absolute Gasteiger partial charge is 0.462 e. The summed E-state index contributed by atoms with van der Waals surface area (Å²) in [6.07, 6.45) is 0.800. The van der Waals surface area contributed by atoms with Gasteiger partial charge in [0.1, 0.15) is 5.37 Å². The van der Waals surface area contributed by atoms with E-state index in [1.54, 1.807) is 55.9 Å². The average Bonchev–Trinajstić information content (AvgIpc) is 3.25. The molecule has 0 bridgehead atoms. The van der Waals surface area contributed by atoms with Gasteiger partial charge in [0.2, 0.25) is 5.91 Å². The molecule has 0 aliphatic carbocycles. The summed E-state index contributed by atoms with van der Waals surface area (Å²) < 4.78 is 5.09. The van der Waals surface area contributed by atoms with E-state index in [1.807, 2.05) is 35.2 Å². The fraction of sp³-hybridized carbons (Fsp3) is 0.250. The first-order valence-electron chi connectivity index (χ1n) is 11.6. The number of nitrogens with zero attached hydrogens (tertiary/aromatic N) is 1. The monoisotopic (exact) mass is 488 g/mol. The number of thioether (sulfide) groups is 1. The Kier molecular flexibility index (Phi) is 7.87. The molecule has 1 saturated heterocycles. The third-order valence-electron chi connectivity index (χ3n) is 5.99. The van der Waals surface area contributed by atoms with Crippen LogP contribution in [0.4, 0.5) is 5.69 Å². The number of carbonyl (C=O) groups is 3. The van der Waals surface area contributed by atoms with Gasteiger partial charge in [-0.15, -0.1) is 11.8 Å². The number of hydrogen-bond acceptors (Lipinski definition) is 5. The van der Waals surface area contributed by atoms with E-state index in [0.717, 1.165) is 12.0 Å². The van der Waals surface area contributed by atoms with Crippen LogP contribution < -0.4 is 5.32 Å². The van der Waals surface area contributed by atoms with Crippen molar-refractivity contribution in [3.05, 3.63) is 101 Å². The molecule has 4 rings (SSSR count). The number of carbonyl (C=O) groups excluding carboxylic acids is 3. The summed E-state index contributed by atoms with van der Waals surface area (Å²) in [5, 5.41) is 2.83. The van der Waals surface area contributed by atoms with Crippen molar-refractivity contribution in [3.63, 3.8) is 0 Å². The highest BCUT2D eigenvalue weighted by Gasteiger charge is 2.32. The maximum absolute atomic E-state index is 12.9. The van der Waals surface area contributed by atoms with Crippen LogP contribution in [0.25, 0.3) is 0 Å². The number of nitrogens with one attached hydrogen (secondary N) is 1. The second kappa shape index (κ2) is 11.2. The molecule has 0 aromatic heterocycles. The number of ether oxygens (including phenoxy) is 1. The van der Waals surface area contributed by atoms with Crippen molar-refractivity contribution in [1.29, 1.82) is 0 Å². The van der Waals surface area contributed by atoms with Crippen LogP contribution in [0.3, 0.4) is 0 Å². The standard InChI is InChI=1S/C28H28N2O4S/c1-3-34-28(33)23-10-7-11-24(19(23)2)29-26(32)21-12-14-22(15-13-21)27-30(25(31)18-35-27)17-16-20-8-5-4-6-9-20/h4-15,27H,3,16-18H2,1-2H3,(H,29,32). The van der Waals surface area contributed by atoms with Gasteiger partial charge in [0.05, 0.1) is 17.9 Å². The first kappa shape index (κ1) is 24.5. The Bertz CT molecular complexity index is 1210. The van der Waals surface area contributed by atoms with Crippen LogP contribution in [0.2, 0.25) is 0 Å². The Morgan fingerprint density at radius 1 is 1.03 bits per heavy atom. The van der Waals surface area contributed by atoms with E-state index in [0.29, 0.717) is 34.7 Å². The number of anilines is 1. The van der Waals surface area contributed by atoms with E-state index in [-0.39, 0.29) is 23.8 Å². The third-order valence-corrected chi connectivity index (χ3v) is 7.24. The van der Waals surface area contributed by atoms with Gasteiger partial charge in [-0.05, 0) is 61.2 Å². The highest BCUT2D eigenvalue weighted by Crippen LogP contribution is 2.38. The quantitative estimate of drug-likeness (QED) is 0.439. The van der Waals surface area contributed by atoms with Gasteiger partial charge in [-0.3, -0.25) is 9.59 Å². The van der Waals surface area contributed by atoms with Crippen molar-refractivity contribution in [1.82, 2.24) is 4.90 Å². The number of benzene rings is 3. The Balaban J connectivity index is 1.44. The second-order valence-corrected chi connectivity index (χ2v) is 9.33. The SMILES string of the molecule is CCOC(=O)c1cccc(NC(=O)c2ccc(C3SCC(=O)N3CCc3ccccc3)cc2)c1C. The van der Waals surface area contributed by atoms with Crippen LogP contribution in [0.15, 0.2) is 72.8 Å². The fourth-order valence-electron chi connectivity index (χ4n) is 4.06. The average molecular weight is 489 g/mol. The van der Waals surface area contributed by atoms with Crippen LogP contribution >= 0.6 is 11.8 Å². The summed E-state index contributed by atoms with van der Waals surface area (Å²) >= 11 is 1.61. The minimum atomic E-state index is -0.411. The van der Waals surface area contributed by atoms with Crippen LogP contribution in [0, 0.1) is 6.92 Å². The van der Waals surface area contributed by atoms with Gasteiger partial charge in [0.25, 0.3) is 5.91 Å². The van der Waals surface area contributed by atoms with Gasteiger partial charge in [-0.25, -0.2) is 4.79 Å². The first-order valence-corrected chi connectivity index (χ1v) is 12.7. The molecule has 1 aliphatic heterocycles. The molecule has 3 aromatic rings. The molecule has 7 heteroatoms. The summed E-state index contributed by atoms with van der Waals surface area (Å²) in [5.41, 5.74) is 4.34. The number of amides is 2. The number of esters is 1. The van der Waals surface area contributed by atoms with E-state index >= 15 is 0 Å². The summed E-state index contributed by atoms with van der Waals surface area (Å²) in [4.78, 5) is 39.5. The van der Waals surface area contributed by atoms with Gasteiger partial charge in [-0.1, -0.05) is 48.5 Å². The predicted octanol–water partition coefficient (Wildman–Crippen LogP) is 5.24. The van der Waals surface area contributed by atoms with Crippen LogP contribution in [0.1, 0.15) is 49.7 Å². The van der Waals surface area contributed by atoms with E-state index in [1.165, 1.54) is 5.56 Å². The summed E-state index contributed by atoms with van der Waals surface area (Å²) in [5.74, 6) is -0.0880. The molecule has 1 fully saturated rings. The van der Waals surface area contributed by atoms with E-state index < -0.39 is 5.97 Å². The molecule has 1 atom stereocenters. The highest BCUT2D eigenvalue weighted by atomic mass is 32.2. The summed E-state index contributed by atoms with van der Waals surface area (Å²) in [6, 6.07) is 22.7. The molecule has 2 amide bonds. The zero-order valence-corrected chi connectivity index (χ0v) is 20.6. The van der Waals surface area contributed by atoms with E-state index in [9.17, 15) is 14.4 Å². The van der Waals surface area contributed by atoms with Gasteiger partial charge in [0.15, 0.2) is 0 Å². The third kappa shape index (κ3) is 5.74. The van der Waals surface area contributed by atoms with Crippen LogP contribution in [0.5, 0.6) is 0 Å². The lowest BCUT2D eigenvalue weighted by Gasteiger charge is -2.24. The maximum Gasteiger partial charge on any atom is 0.338 e. The lowest BCUT2D eigenvalue weighted by Crippen LogP contribution is -2.30. The molecule has 0 radical (unpaired) electrons. The molecular formula is C28H28N2O4S. The Labute approximate surface area is 209 Å². The van der Waals surface area contributed by atoms with Crippen molar-refractivity contribution < 1.29 is 19.1 Å². The maximum atomic E-state index is 12.9. The molecule has 35 heavy (non-hydrogen) atoms. The van der Waals surface area contributed by atoms with Crippen molar-refractivity contribution in [3.8, 4) is 0 Å². The van der Waals surface area contributed by atoms with Crippen molar-refractivity contribution in [2.75, 3.05) is 24.2 Å². The minimum absolute atomic E-state index is 0.0631. The number of rotatable bonds is 8. The second-order valence-electron chi connectivity index (χ2n) is 8.26. The molecule has 3 aromatic carbocycles. The van der Waals surface area contributed by atoms with E-state index in [4.69, 9.17) is 4.74 Å². The fourth-order valence-corrected chi connectivity index (χ4v) is 5.28.